The minimum absolute atomic E-state index is 0.0747. The third kappa shape index (κ3) is 2.67. The molecule has 0 aromatic rings. The number of hydrogen-bond donors (Lipinski definition) is 2. The molecule has 2 bridgehead atoms. The molecule has 2 aliphatic heterocycles. The van der Waals surface area contributed by atoms with Crippen LogP contribution in [0.4, 0.5) is 0 Å². The summed E-state index contributed by atoms with van der Waals surface area (Å²) in [5.74, 6) is 2.20. The van der Waals surface area contributed by atoms with E-state index in [4.69, 9.17) is 9.47 Å². The fraction of sp³-hybridized carbons (Fsp3) is 0.933. The maximum absolute atomic E-state index is 11.9. The van der Waals surface area contributed by atoms with Gasteiger partial charge >= 0.3 is 0 Å². The summed E-state index contributed by atoms with van der Waals surface area (Å²) in [6, 6.07) is 0. The SMILES string of the molecule is CC(C)C[C@@H]1C[C@](C)(O)[C@@H]2[C@H]3CC[C@@H]4[C@@]5(C)CC=C(O)C(C)(C)[C@@H]5CC[C@@]4(C)[C@@]34CO[C@@]2(C4)O1. The third-order valence-corrected chi connectivity index (χ3v) is 12.6. The highest BCUT2D eigenvalue weighted by atomic mass is 16.7. The summed E-state index contributed by atoms with van der Waals surface area (Å²) < 4.78 is 13.7. The van der Waals surface area contributed by atoms with Crippen molar-refractivity contribution < 1.29 is 19.7 Å². The van der Waals surface area contributed by atoms with Crippen LogP contribution >= 0.6 is 0 Å². The van der Waals surface area contributed by atoms with E-state index in [0.717, 1.165) is 38.7 Å². The predicted octanol–water partition coefficient (Wildman–Crippen LogP) is 6.63. The van der Waals surface area contributed by atoms with Gasteiger partial charge in [-0.25, -0.2) is 0 Å². The van der Waals surface area contributed by atoms with Gasteiger partial charge in [0.05, 0.1) is 24.1 Å². The molecule has 4 aliphatic carbocycles. The Bertz CT molecular complexity index is 905. The normalized spacial score (nSPS) is 57.4. The number of rotatable bonds is 2. The van der Waals surface area contributed by atoms with Crippen molar-refractivity contribution in [3.63, 3.8) is 0 Å². The first-order valence-electron chi connectivity index (χ1n) is 14.2. The molecule has 0 aromatic carbocycles. The molecule has 10 atom stereocenters. The monoisotopic (exact) mass is 472 g/mol. The Hall–Kier alpha value is -0.580. The first-order chi connectivity index (χ1) is 15.7. The Kier molecular flexibility index (Phi) is 4.79. The average molecular weight is 473 g/mol. The highest BCUT2D eigenvalue weighted by Gasteiger charge is 2.80. The van der Waals surface area contributed by atoms with Gasteiger partial charge in [0.1, 0.15) is 0 Å². The van der Waals surface area contributed by atoms with E-state index < -0.39 is 11.4 Å². The summed E-state index contributed by atoms with van der Waals surface area (Å²) in [5.41, 5.74) is -0.451. The summed E-state index contributed by atoms with van der Waals surface area (Å²) in [7, 11) is 0. The van der Waals surface area contributed by atoms with Crippen molar-refractivity contribution >= 4 is 0 Å². The molecule has 2 spiro atoms. The molecular weight excluding hydrogens is 424 g/mol. The molecular formula is C30H48O4. The maximum atomic E-state index is 11.9. The van der Waals surface area contributed by atoms with Crippen LogP contribution < -0.4 is 0 Å². The number of aliphatic hydroxyl groups excluding tert-OH is 1. The highest BCUT2D eigenvalue weighted by Crippen LogP contribution is 2.80. The molecule has 2 saturated heterocycles. The van der Waals surface area contributed by atoms with Gasteiger partial charge in [-0.05, 0) is 86.0 Å². The third-order valence-electron chi connectivity index (χ3n) is 12.6. The zero-order valence-corrected chi connectivity index (χ0v) is 22.6. The molecule has 6 aliphatic rings. The minimum atomic E-state index is -0.740. The van der Waals surface area contributed by atoms with Crippen molar-refractivity contribution in [3.05, 3.63) is 11.8 Å². The quantitative estimate of drug-likeness (QED) is 0.474. The van der Waals surface area contributed by atoms with Gasteiger partial charge in [0.25, 0.3) is 0 Å². The van der Waals surface area contributed by atoms with Crippen molar-refractivity contribution in [2.24, 2.45) is 51.2 Å². The molecule has 34 heavy (non-hydrogen) atoms. The van der Waals surface area contributed by atoms with Crippen molar-refractivity contribution in [2.45, 2.75) is 117 Å². The number of fused-ring (bicyclic) bond motifs is 4. The molecule has 5 fully saturated rings. The molecule has 0 unspecified atom stereocenters. The maximum Gasteiger partial charge on any atom is 0.175 e. The van der Waals surface area contributed by atoms with Gasteiger partial charge in [0.2, 0.25) is 0 Å². The molecule has 4 nitrogen and oxygen atoms in total. The highest BCUT2D eigenvalue weighted by molar-refractivity contribution is 5.27. The molecule has 4 heteroatoms. The Morgan fingerprint density at radius 1 is 1.06 bits per heavy atom. The molecule has 3 saturated carbocycles. The van der Waals surface area contributed by atoms with Crippen molar-refractivity contribution in [1.82, 2.24) is 0 Å². The van der Waals surface area contributed by atoms with Gasteiger partial charge in [-0.3, -0.25) is 0 Å². The van der Waals surface area contributed by atoms with E-state index in [-0.39, 0.29) is 33.7 Å². The average Bonchev–Trinajstić information content (AvgIpc) is 3.22. The second-order valence-corrected chi connectivity index (χ2v) is 15.1. The lowest BCUT2D eigenvalue weighted by Crippen LogP contribution is -2.66. The van der Waals surface area contributed by atoms with Gasteiger partial charge in [-0.2, -0.15) is 0 Å². The van der Waals surface area contributed by atoms with Crippen molar-refractivity contribution in [1.29, 1.82) is 0 Å². The van der Waals surface area contributed by atoms with Crippen LogP contribution in [0.25, 0.3) is 0 Å². The number of aliphatic hydroxyl groups is 2. The lowest BCUT2D eigenvalue weighted by molar-refractivity contribution is -0.347. The fourth-order valence-corrected chi connectivity index (χ4v) is 11.5. The zero-order valence-electron chi connectivity index (χ0n) is 22.6. The molecule has 0 amide bonds. The predicted molar refractivity (Wildman–Crippen MR) is 133 cm³/mol. The van der Waals surface area contributed by atoms with Gasteiger partial charge in [-0.1, -0.05) is 41.5 Å². The number of hydrogen-bond acceptors (Lipinski definition) is 4. The smallest absolute Gasteiger partial charge is 0.175 e. The lowest BCUT2D eigenvalue weighted by atomic mass is 9.36. The van der Waals surface area contributed by atoms with Crippen LogP contribution in [0.3, 0.4) is 0 Å². The Labute approximate surface area is 206 Å². The molecule has 0 aromatic heterocycles. The molecule has 2 N–H and O–H groups in total. The van der Waals surface area contributed by atoms with Gasteiger partial charge in [-0.15, -0.1) is 0 Å². The van der Waals surface area contributed by atoms with Gasteiger partial charge in [0.15, 0.2) is 5.79 Å². The van der Waals surface area contributed by atoms with E-state index in [1.54, 1.807) is 0 Å². The summed E-state index contributed by atoms with van der Waals surface area (Å²) >= 11 is 0. The van der Waals surface area contributed by atoms with Crippen LogP contribution in [0.1, 0.15) is 99.8 Å². The summed E-state index contributed by atoms with van der Waals surface area (Å²) in [6.07, 6.45) is 10.6. The van der Waals surface area contributed by atoms with E-state index >= 15 is 0 Å². The number of allylic oxidation sites excluding steroid dienone is 2. The molecule has 6 rings (SSSR count). The first-order valence-corrected chi connectivity index (χ1v) is 14.2. The fourth-order valence-electron chi connectivity index (χ4n) is 11.5. The molecule has 0 radical (unpaired) electrons. The van der Waals surface area contributed by atoms with E-state index in [9.17, 15) is 10.2 Å². The van der Waals surface area contributed by atoms with Gasteiger partial charge < -0.3 is 19.7 Å². The second-order valence-electron chi connectivity index (χ2n) is 15.1. The van der Waals surface area contributed by atoms with E-state index in [1.807, 2.05) is 0 Å². The minimum Gasteiger partial charge on any atom is -0.512 e. The Morgan fingerprint density at radius 2 is 1.79 bits per heavy atom. The van der Waals surface area contributed by atoms with E-state index in [0.29, 0.717) is 29.4 Å². The number of ether oxygens (including phenoxy) is 2. The zero-order chi connectivity index (χ0) is 24.5. The summed E-state index contributed by atoms with van der Waals surface area (Å²) in [5, 5.41) is 22.7. The van der Waals surface area contributed by atoms with Crippen LogP contribution in [-0.2, 0) is 9.47 Å². The van der Waals surface area contributed by atoms with Crippen molar-refractivity contribution in [2.75, 3.05) is 6.61 Å². The van der Waals surface area contributed by atoms with Gasteiger partial charge in [0, 0.05) is 29.6 Å². The van der Waals surface area contributed by atoms with Crippen LogP contribution in [0.2, 0.25) is 0 Å². The molecule has 192 valence electrons. The summed E-state index contributed by atoms with van der Waals surface area (Å²) in [6.45, 7) is 17.0. The van der Waals surface area contributed by atoms with Crippen LogP contribution in [0.15, 0.2) is 11.8 Å². The van der Waals surface area contributed by atoms with Crippen LogP contribution in [-0.4, -0.2) is 34.3 Å². The standard InChI is InChI=1S/C30H48O4/c1-18(2)14-19-15-28(7,32)24-20-8-9-22-26(5)12-11-23(31)25(3,4)21(26)10-13-27(22,6)29(20)16-30(24,34-19)33-17-29/h11,18-22,24,31-32H,8-10,12-17H2,1-7H3/t19-,20-,21+,22-,24+,26+,27-,28+,29+,30+/m1/s1. The molecule has 2 heterocycles. The first kappa shape index (κ1) is 23.8. The lowest BCUT2D eigenvalue weighted by Gasteiger charge is -2.69. The van der Waals surface area contributed by atoms with Crippen LogP contribution in [0, 0.1) is 51.2 Å². The van der Waals surface area contributed by atoms with E-state index in [1.165, 1.54) is 19.3 Å². The van der Waals surface area contributed by atoms with E-state index in [2.05, 4.69) is 54.5 Å². The Morgan fingerprint density at radius 3 is 2.50 bits per heavy atom. The largest absolute Gasteiger partial charge is 0.512 e. The summed E-state index contributed by atoms with van der Waals surface area (Å²) in [4.78, 5) is 0. The topological polar surface area (TPSA) is 58.9 Å². The Balaban J connectivity index is 1.40. The second kappa shape index (κ2) is 6.84. The van der Waals surface area contributed by atoms with Crippen molar-refractivity contribution in [3.8, 4) is 0 Å². The van der Waals surface area contributed by atoms with Crippen LogP contribution in [0.5, 0.6) is 0 Å².